The van der Waals surface area contributed by atoms with Gasteiger partial charge in [-0.15, -0.1) is 0 Å². The zero-order valence-corrected chi connectivity index (χ0v) is 13.9. The third-order valence-electron chi connectivity index (χ3n) is 2.06. The molecule has 1 aromatic carbocycles. The van der Waals surface area contributed by atoms with Gasteiger partial charge < -0.3 is 5.32 Å². The number of nitrogens with zero attached hydrogens (tertiary/aromatic N) is 2. The molecule has 0 saturated carbocycles. The van der Waals surface area contributed by atoms with Gasteiger partial charge in [-0.05, 0) is 50.1 Å². The molecular weight excluding hydrogens is 449 g/mol. The quantitative estimate of drug-likeness (QED) is 0.743. The van der Waals surface area contributed by atoms with Crippen LogP contribution < -0.4 is 5.32 Å². The van der Waals surface area contributed by atoms with Gasteiger partial charge in [-0.3, -0.25) is 4.79 Å². The van der Waals surface area contributed by atoms with E-state index in [9.17, 15) is 9.18 Å². The van der Waals surface area contributed by atoms with Gasteiger partial charge in [0.15, 0.2) is 5.82 Å². The Bertz CT molecular complexity index is 631. The average Bonchev–Trinajstić information content (AvgIpc) is 2.31. The Morgan fingerprint density at radius 1 is 1.21 bits per heavy atom. The van der Waals surface area contributed by atoms with Crippen molar-refractivity contribution < 1.29 is 9.18 Å². The highest BCUT2D eigenvalue weighted by molar-refractivity contribution is 9.11. The average molecular weight is 454 g/mol. The lowest BCUT2D eigenvalue weighted by atomic mass is 10.2. The van der Waals surface area contributed by atoms with Crippen molar-refractivity contribution in [2.45, 2.75) is 0 Å². The van der Waals surface area contributed by atoms with Crippen LogP contribution in [-0.4, -0.2) is 15.9 Å². The van der Waals surface area contributed by atoms with Crippen LogP contribution in [0.1, 0.15) is 10.4 Å². The van der Waals surface area contributed by atoms with Crippen LogP contribution in [0.3, 0.4) is 0 Å². The van der Waals surface area contributed by atoms with Crippen molar-refractivity contribution in [2.24, 2.45) is 0 Å². The number of benzene rings is 1. The Kier molecular flexibility index (Phi) is 4.64. The number of hydrogen-bond acceptors (Lipinski definition) is 3. The molecule has 2 rings (SSSR count). The summed E-state index contributed by atoms with van der Waals surface area (Å²) in [5.41, 5.74) is 0.184. The van der Waals surface area contributed by atoms with Crippen molar-refractivity contribution in [3.63, 3.8) is 0 Å². The maximum absolute atomic E-state index is 13.2. The van der Waals surface area contributed by atoms with Crippen molar-refractivity contribution >= 4 is 59.5 Å². The molecule has 0 fully saturated rings. The maximum Gasteiger partial charge on any atom is 0.257 e. The van der Waals surface area contributed by atoms with Crippen molar-refractivity contribution in [2.75, 3.05) is 5.32 Å². The molecular formula is C11H5Br3FN3O. The summed E-state index contributed by atoms with van der Waals surface area (Å²) in [6.07, 6.45) is 1.45. The molecule has 1 amide bonds. The summed E-state index contributed by atoms with van der Waals surface area (Å²) in [5.74, 6) is -0.716. The minimum atomic E-state index is -0.500. The molecule has 0 aliphatic rings. The summed E-state index contributed by atoms with van der Waals surface area (Å²) in [4.78, 5) is 20.0. The van der Waals surface area contributed by atoms with Crippen LogP contribution in [0.4, 0.5) is 10.2 Å². The molecule has 0 aliphatic carbocycles. The fourth-order valence-corrected chi connectivity index (χ4v) is 2.67. The number of aromatic nitrogens is 2. The van der Waals surface area contributed by atoms with E-state index < -0.39 is 11.7 Å². The molecule has 0 radical (unpaired) electrons. The second kappa shape index (κ2) is 6.06. The Labute approximate surface area is 133 Å². The van der Waals surface area contributed by atoms with E-state index in [1.165, 1.54) is 18.3 Å². The zero-order valence-electron chi connectivity index (χ0n) is 9.12. The van der Waals surface area contributed by atoms with Crippen LogP contribution in [-0.2, 0) is 0 Å². The summed E-state index contributed by atoms with van der Waals surface area (Å²) >= 11 is 9.46. The summed E-state index contributed by atoms with van der Waals surface area (Å²) < 4.78 is 14.6. The van der Waals surface area contributed by atoms with E-state index in [2.05, 4.69) is 63.1 Å². The van der Waals surface area contributed by atoms with Gasteiger partial charge in [-0.25, -0.2) is 14.4 Å². The number of rotatable bonds is 2. The van der Waals surface area contributed by atoms with E-state index in [-0.39, 0.29) is 11.4 Å². The number of halogens is 4. The molecule has 0 bridgehead atoms. The molecule has 0 aliphatic heterocycles. The van der Waals surface area contributed by atoms with Crippen LogP contribution in [0.2, 0.25) is 0 Å². The van der Waals surface area contributed by atoms with Gasteiger partial charge in [-0.2, -0.15) is 0 Å². The zero-order chi connectivity index (χ0) is 14.0. The van der Waals surface area contributed by atoms with Crippen molar-refractivity contribution in [1.29, 1.82) is 0 Å². The lowest BCUT2D eigenvalue weighted by Gasteiger charge is -2.06. The van der Waals surface area contributed by atoms with E-state index in [4.69, 9.17) is 0 Å². The second-order valence-corrected chi connectivity index (χ2v) is 5.92. The number of nitrogens with one attached hydrogen (secondary N) is 1. The molecule has 0 atom stereocenters. The highest BCUT2D eigenvalue weighted by Crippen LogP contribution is 2.21. The van der Waals surface area contributed by atoms with Gasteiger partial charge >= 0.3 is 0 Å². The largest absolute Gasteiger partial charge is 0.304 e. The molecule has 1 aromatic heterocycles. The molecule has 2 aromatic rings. The van der Waals surface area contributed by atoms with Gasteiger partial charge in [0, 0.05) is 10.0 Å². The first-order chi connectivity index (χ1) is 8.95. The topological polar surface area (TPSA) is 54.9 Å². The minimum Gasteiger partial charge on any atom is -0.304 e. The van der Waals surface area contributed by atoms with Crippen molar-refractivity contribution in [3.8, 4) is 0 Å². The standard InChI is InChI=1S/C11H5Br3FN3O/c12-6-1-5(2-7(15)3-6)11(19)18-10-9(14)17-8(13)4-16-10/h1-4H,(H,16,18,19). The smallest absolute Gasteiger partial charge is 0.257 e. The Morgan fingerprint density at radius 3 is 2.58 bits per heavy atom. The minimum absolute atomic E-state index is 0.184. The molecule has 98 valence electrons. The van der Waals surface area contributed by atoms with Crippen LogP contribution in [0.15, 0.2) is 38.1 Å². The van der Waals surface area contributed by atoms with Gasteiger partial charge in [0.25, 0.3) is 5.91 Å². The lowest BCUT2D eigenvalue weighted by Crippen LogP contribution is -2.14. The lowest BCUT2D eigenvalue weighted by molar-refractivity contribution is 0.102. The number of carbonyl (C=O) groups excluding carboxylic acids is 1. The maximum atomic E-state index is 13.2. The number of hydrogen-bond donors (Lipinski definition) is 1. The fourth-order valence-electron chi connectivity index (χ4n) is 1.30. The van der Waals surface area contributed by atoms with Gasteiger partial charge in [0.1, 0.15) is 15.0 Å². The number of carbonyl (C=O) groups is 1. The molecule has 0 spiro atoms. The normalized spacial score (nSPS) is 10.3. The van der Waals surface area contributed by atoms with Gasteiger partial charge in [-0.1, -0.05) is 15.9 Å². The molecule has 8 heteroatoms. The third-order valence-corrected chi connectivity index (χ3v) is 3.45. The predicted molar refractivity (Wildman–Crippen MR) is 79.5 cm³/mol. The van der Waals surface area contributed by atoms with Gasteiger partial charge in [0.05, 0.1) is 6.20 Å². The summed E-state index contributed by atoms with van der Waals surface area (Å²) in [5, 5.41) is 2.54. The van der Waals surface area contributed by atoms with Crippen LogP contribution >= 0.6 is 47.8 Å². The highest BCUT2D eigenvalue weighted by Gasteiger charge is 2.12. The first-order valence-electron chi connectivity index (χ1n) is 4.91. The van der Waals surface area contributed by atoms with E-state index in [0.717, 1.165) is 6.07 Å². The molecule has 4 nitrogen and oxygen atoms in total. The van der Waals surface area contributed by atoms with E-state index in [0.29, 0.717) is 13.7 Å². The molecule has 0 unspecified atom stereocenters. The van der Waals surface area contributed by atoms with Crippen molar-refractivity contribution in [1.82, 2.24) is 9.97 Å². The van der Waals surface area contributed by atoms with E-state index in [1.807, 2.05) is 0 Å². The molecule has 0 saturated heterocycles. The Morgan fingerprint density at radius 2 is 1.95 bits per heavy atom. The Balaban J connectivity index is 2.25. The van der Waals surface area contributed by atoms with Gasteiger partial charge in [0.2, 0.25) is 0 Å². The van der Waals surface area contributed by atoms with Crippen LogP contribution in [0, 0.1) is 5.82 Å². The highest BCUT2D eigenvalue weighted by atomic mass is 79.9. The first kappa shape index (κ1) is 14.5. The van der Waals surface area contributed by atoms with E-state index in [1.54, 1.807) is 0 Å². The van der Waals surface area contributed by atoms with Crippen LogP contribution in [0.5, 0.6) is 0 Å². The summed E-state index contributed by atoms with van der Waals surface area (Å²) in [6.45, 7) is 0. The van der Waals surface area contributed by atoms with Crippen molar-refractivity contribution in [3.05, 3.63) is 49.5 Å². The number of amides is 1. The summed E-state index contributed by atoms with van der Waals surface area (Å²) in [6, 6.07) is 3.92. The number of anilines is 1. The monoisotopic (exact) mass is 451 g/mol. The first-order valence-corrected chi connectivity index (χ1v) is 7.29. The third kappa shape index (κ3) is 3.80. The predicted octanol–water partition coefficient (Wildman–Crippen LogP) is 4.16. The van der Waals surface area contributed by atoms with Crippen LogP contribution in [0.25, 0.3) is 0 Å². The molecule has 1 heterocycles. The Hall–Kier alpha value is -0.860. The molecule has 19 heavy (non-hydrogen) atoms. The molecule has 1 N–H and O–H groups in total. The summed E-state index contributed by atoms with van der Waals surface area (Å²) in [7, 11) is 0. The second-order valence-electron chi connectivity index (χ2n) is 3.44. The fraction of sp³-hybridized carbons (Fsp3) is 0. The van der Waals surface area contributed by atoms with E-state index >= 15 is 0 Å². The SMILES string of the molecule is O=C(Nc1ncc(Br)nc1Br)c1cc(F)cc(Br)c1.